The number of H-pyrrole nitrogens is 1. The number of aromatic amines is 1. The van der Waals surface area contributed by atoms with Gasteiger partial charge in [-0.3, -0.25) is 0 Å². The maximum atomic E-state index is 12.8. The molecule has 0 saturated heterocycles. The van der Waals surface area contributed by atoms with Gasteiger partial charge in [-0.2, -0.15) is 4.31 Å². The van der Waals surface area contributed by atoms with Crippen molar-refractivity contribution in [2.24, 2.45) is 0 Å². The summed E-state index contributed by atoms with van der Waals surface area (Å²) >= 11 is 1.37. The average Bonchev–Trinajstić information content (AvgIpc) is 3.38. The molecule has 0 unspecified atom stereocenters. The van der Waals surface area contributed by atoms with Crippen molar-refractivity contribution >= 4 is 32.8 Å². The molecule has 0 bridgehead atoms. The van der Waals surface area contributed by atoms with Crippen LogP contribution in [0.25, 0.3) is 22.5 Å². The van der Waals surface area contributed by atoms with Gasteiger partial charge in [0.1, 0.15) is 5.82 Å². The Balaban J connectivity index is 1.50. The van der Waals surface area contributed by atoms with Gasteiger partial charge < -0.3 is 9.40 Å². The Morgan fingerprint density at radius 1 is 1.03 bits per heavy atom. The SMILES string of the molecule is CCN(CC)S(=O)(=O)c1ccc2nc(CSc3nnc(-c4cc(C)cc(C)c4)o3)[nH]c2c1. The van der Waals surface area contributed by atoms with Crippen LogP contribution in [0.2, 0.25) is 0 Å². The lowest BCUT2D eigenvalue weighted by Gasteiger charge is -2.18. The molecule has 0 aliphatic carbocycles. The third-order valence-electron chi connectivity index (χ3n) is 5.05. The molecule has 8 nitrogen and oxygen atoms in total. The minimum absolute atomic E-state index is 0.256. The highest BCUT2D eigenvalue weighted by Crippen LogP contribution is 2.27. The second-order valence-corrected chi connectivity index (χ2v) is 10.4. The Morgan fingerprint density at radius 2 is 1.75 bits per heavy atom. The van der Waals surface area contributed by atoms with Crippen LogP contribution in [0.3, 0.4) is 0 Å². The first kappa shape index (κ1) is 22.5. The quantitative estimate of drug-likeness (QED) is 0.376. The van der Waals surface area contributed by atoms with Gasteiger partial charge in [-0.25, -0.2) is 13.4 Å². The largest absolute Gasteiger partial charge is 0.411 e. The summed E-state index contributed by atoms with van der Waals surface area (Å²) in [6, 6.07) is 11.1. The normalized spacial score (nSPS) is 12.2. The number of sulfonamides is 1. The average molecular weight is 472 g/mol. The lowest BCUT2D eigenvalue weighted by atomic mass is 10.1. The number of imidazole rings is 1. The fourth-order valence-corrected chi connectivity index (χ4v) is 5.71. The summed E-state index contributed by atoms with van der Waals surface area (Å²) in [5.41, 5.74) is 4.55. The van der Waals surface area contributed by atoms with E-state index < -0.39 is 10.0 Å². The minimum atomic E-state index is -3.52. The molecule has 0 fully saturated rings. The fraction of sp³-hybridized carbons (Fsp3) is 0.318. The summed E-state index contributed by atoms with van der Waals surface area (Å²) in [7, 11) is -3.52. The zero-order valence-corrected chi connectivity index (χ0v) is 20.0. The van der Waals surface area contributed by atoms with Crippen LogP contribution >= 0.6 is 11.8 Å². The van der Waals surface area contributed by atoms with E-state index >= 15 is 0 Å². The third-order valence-corrected chi connectivity index (χ3v) is 7.93. The van der Waals surface area contributed by atoms with E-state index in [0.29, 0.717) is 46.8 Å². The molecule has 0 aliphatic rings. The molecule has 10 heteroatoms. The summed E-state index contributed by atoms with van der Waals surface area (Å²) in [5.74, 6) is 1.67. The fourth-order valence-electron chi connectivity index (χ4n) is 3.60. The number of hydrogen-bond acceptors (Lipinski definition) is 7. The maximum absolute atomic E-state index is 12.8. The molecule has 4 aromatic rings. The van der Waals surface area contributed by atoms with E-state index in [4.69, 9.17) is 4.42 Å². The molecule has 2 aromatic heterocycles. The van der Waals surface area contributed by atoms with Crippen molar-refractivity contribution in [1.29, 1.82) is 0 Å². The number of aryl methyl sites for hydroxylation is 2. The predicted molar refractivity (Wildman–Crippen MR) is 125 cm³/mol. The maximum Gasteiger partial charge on any atom is 0.277 e. The molecule has 1 N–H and O–H groups in total. The van der Waals surface area contributed by atoms with Gasteiger partial charge in [-0.1, -0.05) is 42.8 Å². The van der Waals surface area contributed by atoms with Gasteiger partial charge in [-0.05, 0) is 44.2 Å². The first-order valence-electron chi connectivity index (χ1n) is 10.3. The van der Waals surface area contributed by atoms with E-state index in [-0.39, 0.29) is 4.90 Å². The highest BCUT2D eigenvalue weighted by Gasteiger charge is 2.22. The Morgan fingerprint density at radius 3 is 2.44 bits per heavy atom. The van der Waals surface area contributed by atoms with Gasteiger partial charge in [0.15, 0.2) is 0 Å². The smallest absolute Gasteiger partial charge is 0.277 e. The standard InChI is InChI=1S/C22H25N5O3S2/c1-5-27(6-2)32(28,29)17-7-8-18-19(12-17)24-20(23-18)13-31-22-26-25-21(30-22)16-10-14(3)9-15(4)11-16/h7-12H,5-6,13H2,1-4H3,(H,23,24). The summed E-state index contributed by atoms with van der Waals surface area (Å²) in [6.45, 7) is 8.57. The lowest BCUT2D eigenvalue weighted by molar-refractivity contribution is 0.445. The molecule has 4 rings (SSSR count). The third kappa shape index (κ3) is 4.57. The van der Waals surface area contributed by atoms with Crippen LogP contribution in [0.4, 0.5) is 0 Å². The Kier molecular flexibility index (Phi) is 6.36. The Hall–Kier alpha value is -2.69. The first-order valence-corrected chi connectivity index (χ1v) is 12.8. The number of fused-ring (bicyclic) bond motifs is 1. The molecule has 0 amide bonds. The van der Waals surface area contributed by atoms with Gasteiger partial charge >= 0.3 is 0 Å². The van der Waals surface area contributed by atoms with Crippen LogP contribution in [-0.4, -0.2) is 46.0 Å². The van der Waals surface area contributed by atoms with Crippen molar-refractivity contribution < 1.29 is 12.8 Å². The van der Waals surface area contributed by atoms with Gasteiger partial charge in [0.05, 0.1) is 21.7 Å². The molecule has 0 saturated carbocycles. The van der Waals surface area contributed by atoms with E-state index in [1.54, 1.807) is 18.2 Å². The molecule has 32 heavy (non-hydrogen) atoms. The summed E-state index contributed by atoms with van der Waals surface area (Å²) < 4.78 is 32.8. The Labute approximate surface area is 191 Å². The molecule has 0 spiro atoms. The van der Waals surface area contributed by atoms with Gasteiger partial charge in [0, 0.05) is 18.7 Å². The summed E-state index contributed by atoms with van der Waals surface area (Å²) in [4.78, 5) is 8.01. The molecular weight excluding hydrogens is 446 g/mol. The number of nitrogens with one attached hydrogen (secondary N) is 1. The number of rotatable bonds is 8. The van der Waals surface area contributed by atoms with Crippen molar-refractivity contribution in [3.05, 3.63) is 53.3 Å². The summed E-state index contributed by atoms with van der Waals surface area (Å²) in [6.07, 6.45) is 0. The monoisotopic (exact) mass is 471 g/mol. The second kappa shape index (κ2) is 9.05. The summed E-state index contributed by atoms with van der Waals surface area (Å²) in [5, 5.41) is 8.73. The Bertz CT molecular complexity index is 1340. The zero-order valence-electron chi connectivity index (χ0n) is 18.4. The van der Waals surface area contributed by atoms with Crippen molar-refractivity contribution in [3.63, 3.8) is 0 Å². The van der Waals surface area contributed by atoms with Gasteiger partial charge in [-0.15, -0.1) is 10.2 Å². The molecule has 0 atom stereocenters. The number of thioether (sulfide) groups is 1. The van der Waals surface area contributed by atoms with E-state index in [2.05, 4.69) is 26.2 Å². The molecular formula is C22H25N5O3S2. The minimum Gasteiger partial charge on any atom is -0.411 e. The molecule has 2 heterocycles. The van der Waals surface area contributed by atoms with Gasteiger partial charge in [0.25, 0.3) is 5.22 Å². The van der Waals surface area contributed by atoms with E-state index in [1.165, 1.54) is 16.1 Å². The highest BCUT2D eigenvalue weighted by atomic mass is 32.2. The van der Waals surface area contributed by atoms with Crippen LogP contribution in [0, 0.1) is 13.8 Å². The number of benzene rings is 2. The van der Waals surface area contributed by atoms with Crippen molar-refractivity contribution in [1.82, 2.24) is 24.5 Å². The van der Waals surface area contributed by atoms with Crippen LogP contribution in [0.5, 0.6) is 0 Å². The number of nitrogens with zero attached hydrogens (tertiary/aromatic N) is 4. The van der Waals surface area contributed by atoms with Gasteiger partial charge in [0.2, 0.25) is 15.9 Å². The van der Waals surface area contributed by atoms with Crippen LogP contribution in [0.1, 0.15) is 30.8 Å². The first-order chi connectivity index (χ1) is 15.3. The van der Waals surface area contributed by atoms with Crippen molar-refractivity contribution in [3.8, 4) is 11.5 Å². The molecule has 0 aliphatic heterocycles. The molecule has 0 radical (unpaired) electrons. The van der Waals surface area contributed by atoms with Crippen molar-refractivity contribution in [2.45, 2.75) is 43.6 Å². The van der Waals surface area contributed by atoms with Crippen LogP contribution in [0.15, 0.2) is 50.9 Å². The number of hydrogen-bond donors (Lipinski definition) is 1. The molecule has 168 valence electrons. The van der Waals surface area contributed by atoms with E-state index in [9.17, 15) is 8.42 Å². The molecule has 2 aromatic carbocycles. The predicted octanol–water partition coefficient (Wildman–Crippen LogP) is 4.55. The van der Waals surface area contributed by atoms with Crippen LogP contribution in [-0.2, 0) is 15.8 Å². The topological polar surface area (TPSA) is 105 Å². The zero-order chi connectivity index (χ0) is 22.9. The van der Waals surface area contributed by atoms with E-state index in [1.807, 2.05) is 39.8 Å². The lowest BCUT2D eigenvalue weighted by Crippen LogP contribution is -2.30. The van der Waals surface area contributed by atoms with Crippen molar-refractivity contribution in [2.75, 3.05) is 13.1 Å². The highest BCUT2D eigenvalue weighted by molar-refractivity contribution is 7.98. The van der Waals surface area contributed by atoms with Crippen LogP contribution < -0.4 is 0 Å². The number of aromatic nitrogens is 4. The van der Waals surface area contributed by atoms with E-state index in [0.717, 1.165) is 16.7 Å². The second-order valence-electron chi connectivity index (χ2n) is 7.49.